The molecule has 1 aromatic carbocycles. The lowest BCUT2D eigenvalue weighted by molar-refractivity contribution is -0.138. The second kappa shape index (κ2) is 4.60. The van der Waals surface area contributed by atoms with Crippen molar-refractivity contribution in [2.24, 2.45) is 5.73 Å². The molecule has 1 atom stereocenters. The van der Waals surface area contributed by atoms with Crippen LogP contribution < -0.4 is 5.73 Å². The maximum atomic E-state index is 12.6. The number of rotatable bonds is 3. The van der Waals surface area contributed by atoms with Gasteiger partial charge in [-0.1, -0.05) is 18.2 Å². The van der Waals surface area contributed by atoms with E-state index in [2.05, 4.69) is 0 Å². The maximum absolute atomic E-state index is 12.6. The Morgan fingerprint density at radius 1 is 1.18 bits per heavy atom. The molecule has 0 saturated carbocycles. The lowest BCUT2D eigenvalue weighted by Crippen LogP contribution is -2.46. The summed E-state index contributed by atoms with van der Waals surface area (Å²) in [5.41, 5.74) is 2.18. The van der Waals surface area contributed by atoms with Crippen LogP contribution in [0.15, 0.2) is 24.3 Å². The second-order valence-electron chi connectivity index (χ2n) is 4.14. The van der Waals surface area contributed by atoms with Gasteiger partial charge in [0.2, 0.25) is 0 Å². The van der Waals surface area contributed by atoms with Crippen LogP contribution in [0.2, 0.25) is 0 Å². The first-order valence-corrected chi connectivity index (χ1v) is 4.87. The number of nitrogens with two attached hydrogens (primary N) is 1. The van der Waals surface area contributed by atoms with Crippen LogP contribution in [0, 0.1) is 0 Å². The number of benzene rings is 1. The first-order chi connectivity index (χ1) is 7.64. The van der Waals surface area contributed by atoms with Crippen LogP contribution in [0.25, 0.3) is 0 Å². The highest BCUT2D eigenvalue weighted by molar-refractivity contribution is 5.31. The molecule has 17 heavy (non-hydrogen) atoms. The summed E-state index contributed by atoms with van der Waals surface area (Å²) < 4.78 is 62.8. The van der Waals surface area contributed by atoms with E-state index in [9.17, 15) is 22.0 Å². The quantitative estimate of drug-likeness (QED) is 0.822. The summed E-state index contributed by atoms with van der Waals surface area (Å²) in [5, 5.41) is 0. The highest BCUT2D eigenvalue weighted by atomic mass is 19.4. The van der Waals surface area contributed by atoms with Gasteiger partial charge in [0.05, 0.1) is 11.1 Å². The monoisotopic (exact) mass is 253 g/mol. The van der Waals surface area contributed by atoms with Gasteiger partial charge >= 0.3 is 6.18 Å². The van der Waals surface area contributed by atoms with Gasteiger partial charge in [0.25, 0.3) is 6.43 Å². The van der Waals surface area contributed by atoms with E-state index in [1.807, 2.05) is 0 Å². The molecule has 0 amide bonds. The predicted octanol–water partition coefficient (Wildman–Crippen LogP) is 3.23. The average Bonchev–Trinajstić information content (AvgIpc) is 2.15. The molecule has 0 saturated heterocycles. The predicted molar refractivity (Wildman–Crippen MR) is 53.7 cm³/mol. The van der Waals surface area contributed by atoms with E-state index in [-0.39, 0.29) is 5.56 Å². The third kappa shape index (κ3) is 3.39. The van der Waals surface area contributed by atoms with E-state index in [4.69, 9.17) is 5.73 Å². The third-order valence-electron chi connectivity index (χ3n) is 2.39. The van der Waals surface area contributed by atoms with E-state index in [1.165, 1.54) is 12.1 Å². The molecular formula is C11H12F5N. The number of hydrogen-bond acceptors (Lipinski definition) is 1. The van der Waals surface area contributed by atoms with E-state index in [1.54, 1.807) is 0 Å². The largest absolute Gasteiger partial charge is 0.416 e. The van der Waals surface area contributed by atoms with Crippen molar-refractivity contribution in [3.05, 3.63) is 35.4 Å². The molecule has 0 aliphatic rings. The number of halogens is 5. The summed E-state index contributed by atoms with van der Waals surface area (Å²) in [4.78, 5) is 0. The Bertz CT molecular complexity index is 384. The van der Waals surface area contributed by atoms with Crippen molar-refractivity contribution in [2.45, 2.75) is 31.5 Å². The Hall–Kier alpha value is -1.17. The summed E-state index contributed by atoms with van der Waals surface area (Å²) in [5.74, 6) is 0. The van der Waals surface area contributed by atoms with E-state index < -0.39 is 30.1 Å². The molecule has 0 aromatic heterocycles. The minimum atomic E-state index is -4.56. The Kier molecular flexibility index (Phi) is 3.76. The summed E-state index contributed by atoms with van der Waals surface area (Å²) in [6, 6.07) is 4.60. The third-order valence-corrected chi connectivity index (χ3v) is 2.39. The second-order valence-corrected chi connectivity index (χ2v) is 4.14. The lowest BCUT2D eigenvalue weighted by atomic mass is 9.91. The SMILES string of the molecule is CC(N)(Cc1ccccc1C(F)(F)F)C(F)F. The molecule has 1 rings (SSSR count). The molecule has 1 aromatic rings. The van der Waals surface area contributed by atoms with Crippen LogP contribution in [0.1, 0.15) is 18.1 Å². The molecule has 0 heterocycles. The molecule has 1 unspecified atom stereocenters. The Labute approximate surface area is 95.4 Å². The van der Waals surface area contributed by atoms with Gasteiger partial charge in [-0.2, -0.15) is 13.2 Å². The minimum absolute atomic E-state index is 0.217. The van der Waals surface area contributed by atoms with Crippen molar-refractivity contribution in [2.75, 3.05) is 0 Å². The zero-order valence-electron chi connectivity index (χ0n) is 9.06. The fourth-order valence-corrected chi connectivity index (χ4v) is 1.44. The smallest absolute Gasteiger partial charge is 0.320 e. The molecule has 6 heteroatoms. The van der Waals surface area contributed by atoms with Crippen LogP contribution in [0.3, 0.4) is 0 Å². The first kappa shape index (κ1) is 13.9. The van der Waals surface area contributed by atoms with Crippen LogP contribution in [0.5, 0.6) is 0 Å². The number of hydrogen-bond donors (Lipinski definition) is 1. The van der Waals surface area contributed by atoms with Crippen molar-refractivity contribution < 1.29 is 22.0 Å². The Morgan fingerprint density at radius 2 is 1.71 bits per heavy atom. The van der Waals surface area contributed by atoms with Gasteiger partial charge in [-0.25, -0.2) is 8.78 Å². The topological polar surface area (TPSA) is 26.0 Å². The Balaban J connectivity index is 3.08. The van der Waals surface area contributed by atoms with Crippen molar-refractivity contribution in [3.63, 3.8) is 0 Å². The molecule has 0 aliphatic carbocycles. The van der Waals surface area contributed by atoms with Crippen LogP contribution in [-0.2, 0) is 12.6 Å². The van der Waals surface area contributed by atoms with Crippen molar-refractivity contribution in [1.82, 2.24) is 0 Å². The highest BCUT2D eigenvalue weighted by Gasteiger charge is 2.37. The molecule has 96 valence electrons. The average molecular weight is 253 g/mol. The number of alkyl halides is 5. The maximum Gasteiger partial charge on any atom is 0.416 e. The van der Waals surface area contributed by atoms with Gasteiger partial charge in [0.15, 0.2) is 0 Å². The van der Waals surface area contributed by atoms with Crippen LogP contribution in [0.4, 0.5) is 22.0 Å². The molecule has 0 spiro atoms. The molecule has 0 bridgehead atoms. The fraction of sp³-hybridized carbons (Fsp3) is 0.455. The standard InChI is InChI=1S/C11H12F5N/c1-10(17,9(12)13)6-7-4-2-3-5-8(7)11(14,15)16/h2-5,9H,6,17H2,1H3. The summed E-state index contributed by atoms with van der Waals surface area (Å²) in [6.45, 7) is 1.03. The van der Waals surface area contributed by atoms with Gasteiger partial charge in [-0.05, 0) is 25.0 Å². The summed E-state index contributed by atoms with van der Waals surface area (Å²) in [7, 11) is 0. The highest BCUT2D eigenvalue weighted by Crippen LogP contribution is 2.33. The molecular weight excluding hydrogens is 241 g/mol. The minimum Gasteiger partial charge on any atom is -0.320 e. The normalized spacial score (nSPS) is 16.0. The van der Waals surface area contributed by atoms with E-state index in [0.29, 0.717) is 0 Å². The van der Waals surface area contributed by atoms with Crippen molar-refractivity contribution >= 4 is 0 Å². The van der Waals surface area contributed by atoms with E-state index >= 15 is 0 Å². The Morgan fingerprint density at radius 3 is 2.18 bits per heavy atom. The van der Waals surface area contributed by atoms with Gasteiger partial charge in [0, 0.05) is 0 Å². The fourth-order valence-electron chi connectivity index (χ4n) is 1.44. The van der Waals surface area contributed by atoms with Crippen LogP contribution in [-0.4, -0.2) is 12.0 Å². The zero-order chi connectivity index (χ0) is 13.3. The van der Waals surface area contributed by atoms with Crippen LogP contribution >= 0.6 is 0 Å². The molecule has 1 nitrogen and oxygen atoms in total. The molecule has 0 radical (unpaired) electrons. The zero-order valence-corrected chi connectivity index (χ0v) is 9.06. The molecule has 2 N–H and O–H groups in total. The van der Waals surface area contributed by atoms with Gasteiger partial charge < -0.3 is 5.73 Å². The van der Waals surface area contributed by atoms with Gasteiger partial charge in [-0.3, -0.25) is 0 Å². The first-order valence-electron chi connectivity index (χ1n) is 4.87. The summed E-state index contributed by atoms with van der Waals surface area (Å²) in [6.07, 6.45) is -7.97. The van der Waals surface area contributed by atoms with Gasteiger partial charge in [0.1, 0.15) is 0 Å². The van der Waals surface area contributed by atoms with Crippen molar-refractivity contribution in [1.29, 1.82) is 0 Å². The van der Waals surface area contributed by atoms with E-state index in [0.717, 1.165) is 19.1 Å². The molecule has 0 aliphatic heterocycles. The van der Waals surface area contributed by atoms with Gasteiger partial charge in [-0.15, -0.1) is 0 Å². The van der Waals surface area contributed by atoms with Crippen molar-refractivity contribution in [3.8, 4) is 0 Å². The summed E-state index contributed by atoms with van der Waals surface area (Å²) >= 11 is 0. The molecule has 0 fully saturated rings. The lowest BCUT2D eigenvalue weighted by Gasteiger charge is -2.25.